The number of carboxylic acids is 1. The van der Waals surface area contributed by atoms with Gasteiger partial charge in [-0.15, -0.1) is 5.10 Å². The number of thioether (sulfide) groups is 1. The maximum absolute atomic E-state index is 11.4. The number of aromatic nitrogens is 3. The van der Waals surface area contributed by atoms with Crippen molar-refractivity contribution in [3.8, 4) is 5.75 Å². The first-order valence-electron chi connectivity index (χ1n) is 7.27. The van der Waals surface area contributed by atoms with E-state index in [4.69, 9.17) is 4.74 Å². The van der Waals surface area contributed by atoms with E-state index >= 15 is 0 Å². The van der Waals surface area contributed by atoms with Crippen molar-refractivity contribution in [2.24, 2.45) is 0 Å². The van der Waals surface area contributed by atoms with E-state index in [-0.39, 0.29) is 11.0 Å². The number of carbonyl (C=O) groups excluding carboxylic acids is 1. The summed E-state index contributed by atoms with van der Waals surface area (Å²) >= 11 is 0.945. The van der Waals surface area contributed by atoms with Gasteiger partial charge in [0.1, 0.15) is 11.6 Å². The number of H-pyrrole nitrogens is 1. The van der Waals surface area contributed by atoms with Gasteiger partial charge in [0.25, 0.3) is 0 Å². The van der Waals surface area contributed by atoms with E-state index in [0.29, 0.717) is 28.7 Å². The van der Waals surface area contributed by atoms with E-state index in [1.54, 1.807) is 12.1 Å². The second-order valence-electron chi connectivity index (χ2n) is 5.02. The normalized spacial score (nSPS) is 11.7. The highest BCUT2D eigenvalue weighted by molar-refractivity contribution is 8.04. The van der Waals surface area contributed by atoms with Crippen molar-refractivity contribution in [3.63, 3.8) is 0 Å². The zero-order valence-electron chi connectivity index (χ0n) is 13.2. The smallest absolute Gasteiger partial charge is 0.213 e. The van der Waals surface area contributed by atoms with E-state index in [2.05, 4.69) is 15.2 Å². The van der Waals surface area contributed by atoms with Gasteiger partial charge in [0.15, 0.2) is 0 Å². The van der Waals surface area contributed by atoms with Crippen LogP contribution in [0.5, 0.6) is 5.75 Å². The number of hydrogen-bond donors (Lipinski definition) is 1. The summed E-state index contributed by atoms with van der Waals surface area (Å²) in [6, 6.07) is 7.24. The maximum atomic E-state index is 11.4. The number of hydrogen-bond acceptors (Lipinski definition) is 6. The number of para-hydroxylation sites is 1. The van der Waals surface area contributed by atoms with Gasteiger partial charge in [-0.2, -0.15) is 0 Å². The lowest BCUT2D eigenvalue weighted by Crippen LogP contribution is -2.23. The highest BCUT2D eigenvalue weighted by Crippen LogP contribution is 2.28. The minimum absolute atomic E-state index is 0.0104. The number of nitrogens with one attached hydrogen (secondary N) is 1. The molecule has 0 amide bonds. The van der Waals surface area contributed by atoms with E-state index in [1.807, 2.05) is 32.9 Å². The fraction of sp³-hybridized carbons (Fsp3) is 0.312. The fourth-order valence-corrected chi connectivity index (χ4v) is 2.53. The second kappa shape index (κ2) is 7.82. The number of benzene rings is 1. The topological polar surface area (TPSA) is 90.9 Å². The standard InChI is InChI=1S/C16H19N3O3S/c1-4-14-17-16(19-18-14)23-13(15(20)21)9-11-7-5-6-8-12(11)22-10(2)3/h5-10H,4H2,1-3H3,(H,20,21)(H,17,18,19)/p-1/b13-9-. The lowest BCUT2D eigenvalue weighted by Gasteiger charge is -2.13. The van der Waals surface area contributed by atoms with Crippen LogP contribution in [-0.4, -0.2) is 27.3 Å². The second-order valence-corrected chi connectivity index (χ2v) is 6.03. The van der Waals surface area contributed by atoms with Crippen LogP contribution in [0.1, 0.15) is 32.2 Å². The summed E-state index contributed by atoms with van der Waals surface area (Å²) in [5.41, 5.74) is 0.666. The molecule has 7 heteroatoms. The average molecular weight is 332 g/mol. The molecule has 0 aliphatic heterocycles. The molecule has 23 heavy (non-hydrogen) atoms. The Balaban J connectivity index is 2.30. The summed E-state index contributed by atoms with van der Waals surface area (Å²) in [5.74, 6) is 0.0389. The first-order chi connectivity index (χ1) is 11.0. The van der Waals surface area contributed by atoms with Crippen LogP contribution >= 0.6 is 11.8 Å². The number of rotatable bonds is 7. The molecule has 1 N–H and O–H groups in total. The van der Waals surface area contributed by atoms with Gasteiger partial charge in [-0.1, -0.05) is 25.1 Å². The highest BCUT2D eigenvalue weighted by atomic mass is 32.2. The number of ether oxygens (including phenoxy) is 1. The Hall–Kier alpha value is -2.28. The minimum atomic E-state index is -1.28. The van der Waals surface area contributed by atoms with E-state index < -0.39 is 5.97 Å². The Kier molecular flexibility index (Phi) is 5.81. The Labute approximate surface area is 139 Å². The molecule has 0 saturated heterocycles. The molecule has 0 saturated carbocycles. The van der Waals surface area contributed by atoms with Gasteiger partial charge >= 0.3 is 0 Å². The number of aryl methyl sites for hydroxylation is 1. The SMILES string of the molecule is CCc1nc(S/C(=C\c2ccccc2OC(C)C)C(=O)[O-])n[nH]1. The predicted octanol–water partition coefficient (Wildman–Crippen LogP) is 2.04. The quantitative estimate of drug-likeness (QED) is 0.616. The van der Waals surface area contributed by atoms with Gasteiger partial charge in [0, 0.05) is 16.9 Å². The van der Waals surface area contributed by atoms with Crippen LogP contribution in [0, 0.1) is 0 Å². The number of aromatic amines is 1. The van der Waals surface area contributed by atoms with Crippen LogP contribution in [0.2, 0.25) is 0 Å². The third-order valence-electron chi connectivity index (χ3n) is 2.82. The molecule has 2 aromatic rings. The zero-order valence-corrected chi connectivity index (χ0v) is 14.0. The largest absolute Gasteiger partial charge is 0.544 e. The molecule has 1 aromatic carbocycles. The fourth-order valence-electron chi connectivity index (χ4n) is 1.81. The molecular weight excluding hydrogens is 314 g/mol. The average Bonchev–Trinajstić information content (AvgIpc) is 2.95. The van der Waals surface area contributed by atoms with Crippen LogP contribution in [0.25, 0.3) is 6.08 Å². The highest BCUT2D eigenvalue weighted by Gasteiger charge is 2.10. The summed E-state index contributed by atoms with van der Waals surface area (Å²) in [6.45, 7) is 5.76. The molecule has 0 radical (unpaired) electrons. The van der Waals surface area contributed by atoms with Crippen molar-refractivity contribution in [2.75, 3.05) is 0 Å². The van der Waals surface area contributed by atoms with Gasteiger partial charge in [-0.05, 0) is 37.8 Å². The Morgan fingerprint density at radius 1 is 1.43 bits per heavy atom. The molecule has 122 valence electrons. The molecule has 2 rings (SSSR count). The zero-order chi connectivity index (χ0) is 16.8. The molecule has 0 fully saturated rings. The summed E-state index contributed by atoms with van der Waals surface area (Å²) in [7, 11) is 0. The van der Waals surface area contributed by atoms with Crippen molar-refractivity contribution in [2.45, 2.75) is 38.5 Å². The third-order valence-corrected chi connectivity index (χ3v) is 3.69. The molecule has 0 unspecified atom stereocenters. The van der Waals surface area contributed by atoms with Crippen LogP contribution < -0.4 is 9.84 Å². The minimum Gasteiger partial charge on any atom is -0.544 e. The Morgan fingerprint density at radius 2 is 2.17 bits per heavy atom. The molecule has 0 atom stereocenters. The van der Waals surface area contributed by atoms with Crippen molar-refractivity contribution in [1.29, 1.82) is 0 Å². The summed E-state index contributed by atoms with van der Waals surface area (Å²) < 4.78 is 5.69. The van der Waals surface area contributed by atoms with Gasteiger partial charge in [-0.25, -0.2) is 4.98 Å². The van der Waals surface area contributed by atoms with Crippen molar-refractivity contribution in [3.05, 3.63) is 40.6 Å². The van der Waals surface area contributed by atoms with Gasteiger partial charge < -0.3 is 14.6 Å². The van der Waals surface area contributed by atoms with Crippen LogP contribution in [0.3, 0.4) is 0 Å². The molecular formula is C16H18N3O3S-. The first-order valence-corrected chi connectivity index (χ1v) is 8.09. The van der Waals surface area contributed by atoms with E-state index in [0.717, 1.165) is 11.8 Å². The van der Waals surface area contributed by atoms with E-state index in [1.165, 1.54) is 6.08 Å². The van der Waals surface area contributed by atoms with Gasteiger partial charge in [-0.3, -0.25) is 5.10 Å². The molecule has 0 spiro atoms. The molecule has 0 bridgehead atoms. The summed E-state index contributed by atoms with van der Waals surface area (Å²) in [4.78, 5) is 15.6. The molecule has 0 aliphatic rings. The monoisotopic (exact) mass is 332 g/mol. The van der Waals surface area contributed by atoms with Gasteiger partial charge in [0.05, 0.1) is 12.1 Å². The Bertz CT molecular complexity index is 710. The Morgan fingerprint density at radius 3 is 2.78 bits per heavy atom. The number of carboxylic acid groups (broad SMARTS) is 1. The summed E-state index contributed by atoms with van der Waals surface area (Å²) in [6.07, 6.45) is 2.20. The molecule has 1 heterocycles. The lowest BCUT2D eigenvalue weighted by atomic mass is 10.2. The number of carbonyl (C=O) groups is 1. The van der Waals surface area contributed by atoms with Crippen molar-refractivity contribution in [1.82, 2.24) is 15.2 Å². The molecule has 6 nitrogen and oxygen atoms in total. The number of aliphatic carboxylic acids is 1. The van der Waals surface area contributed by atoms with Crippen LogP contribution in [0.4, 0.5) is 0 Å². The van der Waals surface area contributed by atoms with Gasteiger partial charge in [0.2, 0.25) is 5.16 Å². The van der Waals surface area contributed by atoms with Crippen LogP contribution in [-0.2, 0) is 11.2 Å². The third kappa shape index (κ3) is 4.85. The summed E-state index contributed by atoms with van der Waals surface area (Å²) in [5, 5.41) is 18.5. The molecule has 1 aromatic heterocycles. The van der Waals surface area contributed by atoms with Crippen molar-refractivity contribution >= 4 is 23.8 Å². The molecule has 0 aliphatic carbocycles. The maximum Gasteiger partial charge on any atom is 0.213 e. The van der Waals surface area contributed by atoms with Crippen LogP contribution in [0.15, 0.2) is 34.3 Å². The van der Waals surface area contributed by atoms with Crippen molar-refractivity contribution < 1.29 is 14.6 Å². The first kappa shape index (κ1) is 17.1. The van der Waals surface area contributed by atoms with E-state index in [9.17, 15) is 9.90 Å². The predicted molar refractivity (Wildman–Crippen MR) is 86.8 cm³/mol. The number of nitrogens with zero attached hydrogens (tertiary/aromatic N) is 2. The lowest BCUT2D eigenvalue weighted by molar-refractivity contribution is -0.297.